The zero-order valence-electron chi connectivity index (χ0n) is 11.5. The van der Waals surface area contributed by atoms with Crippen LogP contribution in [-0.4, -0.2) is 41.6 Å². The number of carbonyl (C=O) groups is 1. The van der Waals surface area contributed by atoms with Crippen LogP contribution in [0.3, 0.4) is 0 Å². The number of rotatable bonds is 5. The molecule has 104 valence electrons. The number of nitrogens with two attached hydrogens (primary N) is 1. The minimum absolute atomic E-state index is 0.0485. The number of aryl methyl sites for hydroxylation is 1. The van der Waals surface area contributed by atoms with Gasteiger partial charge in [-0.1, -0.05) is 19.1 Å². The smallest absolute Gasteiger partial charge is 0.376 e. The molecule has 0 bridgehead atoms. The number of anilines is 1. The average Bonchev–Trinajstić information content (AvgIpc) is 2.36. The van der Waals surface area contributed by atoms with Crippen LogP contribution in [0, 0.1) is 12.8 Å². The quantitative estimate of drug-likeness (QED) is 0.635. The van der Waals surface area contributed by atoms with Gasteiger partial charge in [0.15, 0.2) is 0 Å². The second kappa shape index (κ2) is 6.42. The number of esters is 1. The van der Waals surface area contributed by atoms with Crippen molar-refractivity contribution in [2.24, 2.45) is 11.7 Å². The van der Waals surface area contributed by atoms with Crippen LogP contribution in [0.1, 0.15) is 23.2 Å². The maximum absolute atomic E-state index is 11.5. The standard InChI is InChI=1S/C12H18N4O2S/c1-7(10(13)19)6-16(3)9-5-8(2)14-11(15-9)12(17)18-4/h5,7H,6H2,1-4H3,(H2,13,19). The van der Waals surface area contributed by atoms with Crippen molar-refractivity contribution in [3.63, 3.8) is 0 Å². The molecule has 1 atom stereocenters. The molecule has 19 heavy (non-hydrogen) atoms. The highest BCUT2D eigenvalue weighted by molar-refractivity contribution is 7.80. The van der Waals surface area contributed by atoms with Gasteiger partial charge in [-0.05, 0) is 6.92 Å². The monoisotopic (exact) mass is 282 g/mol. The molecule has 2 N–H and O–H groups in total. The number of hydrogen-bond acceptors (Lipinski definition) is 6. The summed E-state index contributed by atoms with van der Waals surface area (Å²) in [7, 11) is 3.16. The van der Waals surface area contributed by atoms with Crippen molar-refractivity contribution in [1.82, 2.24) is 9.97 Å². The Morgan fingerprint density at radius 2 is 2.21 bits per heavy atom. The molecule has 0 aromatic carbocycles. The Labute approximate surface area is 118 Å². The summed E-state index contributed by atoms with van der Waals surface area (Å²) in [5.41, 5.74) is 6.28. The fraction of sp³-hybridized carbons (Fsp3) is 0.500. The van der Waals surface area contributed by atoms with E-state index in [-0.39, 0.29) is 11.7 Å². The predicted octanol–water partition coefficient (Wildman–Crippen LogP) is 0.930. The van der Waals surface area contributed by atoms with Crippen LogP contribution in [0.15, 0.2) is 6.07 Å². The first kappa shape index (κ1) is 15.3. The first-order valence-corrected chi connectivity index (χ1v) is 6.20. The number of thiocarbonyl (C=S) groups is 1. The molecule has 1 heterocycles. The van der Waals surface area contributed by atoms with E-state index in [0.29, 0.717) is 23.0 Å². The summed E-state index contributed by atoms with van der Waals surface area (Å²) in [6, 6.07) is 1.79. The molecule has 0 aliphatic rings. The third kappa shape index (κ3) is 4.13. The third-order valence-electron chi connectivity index (χ3n) is 2.63. The average molecular weight is 282 g/mol. The largest absolute Gasteiger partial charge is 0.463 e. The summed E-state index contributed by atoms with van der Waals surface area (Å²) in [4.78, 5) is 22.0. The van der Waals surface area contributed by atoms with Crippen molar-refractivity contribution in [2.75, 3.05) is 25.6 Å². The van der Waals surface area contributed by atoms with Crippen LogP contribution < -0.4 is 10.6 Å². The summed E-state index contributed by atoms with van der Waals surface area (Å²) < 4.78 is 4.62. The molecule has 1 aromatic rings. The SMILES string of the molecule is COC(=O)c1nc(C)cc(N(C)CC(C)C(N)=S)n1. The van der Waals surface area contributed by atoms with E-state index in [2.05, 4.69) is 14.7 Å². The first-order valence-electron chi connectivity index (χ1n) is 5.79. The van der Waals surface area contributed by atoms with Gasteiger partial charge in [0.05, 0.1) is 12.1 Å². The van der Waals surface area contributed by atoms with Crippen LogP contribution in [0.25, 0.3) is 0 Å². The molecule has 7 heteroatoms. The van der Waals surface area contributed by atoms with Crippen molar-refractivity contribution in [3.8, 4) is 0 Å². The van der Waals surface area contributed by atoms with Crippen LogP contribution in [0.4, 0.5) is 5.82 Å². The molecule has 0 aliphatic carbocycles. The third-order valence-corrected chi connectivity index (χ3v) is 3.04. The van der Waals surface area contributed by atoms with Crippen molar-refractivity contribution in [3.05, 3.63) is 17.6 Å². The maximum atomic E-state index is 11.5. The van der Waals surface area contributed by atoms with Gasteiger partial charge in [0.1, 0.15) is 5.82 Å². The number of nitrogens with zero attached hydrogens (tertiary/aromatic N) is 3. The molecule has 1 aromatic heterocycles. The van der Waals surface area contributed by atoms with Crippen LogP contribution in [0.2, 0.25) is 0 Å². The van der Waals surface area contributed by atoms with Gasteiger partial charge in [-0.25, -0.2) is 14.8 Å². The fourth-order valence-electron chi connectivity index (χ4n) is 1.52. The Kier molecular flexibility index (Phi) is 5.17. The van der Waals surface area contributed by atoms with E-state index in [1.807, 2.05) is 18.9 Å². The van der Waals surface area contributed by atoms with Gasteiger partial charge in [-0.15, -0.1) is 0 Å². The highest BCUT2D eigenvalue weighted by Gasteiger charge is 2.15. The van der Waals surface area contributed by atoms with E-state index < -0.39 is 5.97 Å². The molecular weight excluding hydrogens is 264 g/mol. The Balaban J connectivity index is 2.97. The molecule has 0 aliphatic heterocycles. The van der Waals surface area contributed by atoms with E-state index in [4.69, 9.17) is 18.0 Å². The van der Waals surface area contributed by atoms with Crippen LogP contribution in [-0.2, 0) is 4.74 Å². The van der Waals surface area contributed by atoms with Crippen LogP contribution >= 0.6 is 12.2 Å². The molecule has 1 unspecified atom stereocenters. The molecule has 6 nitrogen and oxygen atoms in total. The van der Waals surface area contributed by atoms with Gasteiger partial charge in [0.2, 0.25) is 5.82 Å². The lowest BCUT2D eigenvalue weighted by atomic mass is 10.2. The second-order valence-corrected chi connectivity index (χ2v) is 4.84. The summed E-state index contributed by atoms with van der Waals surface area (Å²) in [5.74, 6) is 0.181. The Morgan fingerprint density at radius 1 is 1.58 bits per heavy atom. The minimum atomic E-state index is -0.555. The zero-order chi connectivity index (χ0) is 14.6. The molecule has 0 fully saturated rings. The minimum Gasteiger partial charge on any atom is -0.463 e. The Bertz CT molecular complexity index is 493. The molecule has 0 saturated heterocycles. The van der Waals surface area contributed by atoms with E-state index in [9.17, 15) is 4.79 Å². The van der Waals surface area contributed by atoms with Crippen molar-refractivity contribution in [2.45, 2.75) is 13.8 Å². The van der Waals surface area contributed by atoms with Crippen molar-refractivity contribution in [1.29, 1.82) is 0 Å². The van der Waals surface area contributed by atoms with Gasteiger partial charge in [-0.2, -0.15) is 0 Å². The van der Waals surface area contributed by atoms with Crippen molar-refractivity contribution >= 4 is 29.0 Å². The zero-order valence-corrected chi connectivity index (χ0v) is 12.3. The highest BCUT2D eigenvalue weighted by atomic mass is 32.1. The predicted molar refractivity (Wildman–Crippen MR) is 77.3 cm³/mol. The number of carbonyl (C=O) groups excluding carboxylic acids is 1. The number of ether oxygens (including phenoxy) is 1. The lowest BCUT2D eigenvalue weighted by Gasteiger charge is -2.22. The topological polar surface area (TPSA) is 81.3 Å². The summed E-state index contributed by atoms with van der Waals surface area (Å²) in [5, 5.41) is 0. The van der Waals surface area contributed by atoms with Gasteiger partial charge >= 0.3 is 5.97 Å². The summed E-state index contributed by atoms with van der Waals surface area (Å²) in [6.07, 6.45) is 0. The van der Waals surface area contributed by atoms with Gasteiger partial charge in [0, 0.05) is 31.3 Å². The van der Waals surface area contributed by atoms with Gasteiger partial charge < -0.3 is 15.4 Å². The molecular formula is C12H18N4O2S. The van der Waals surface area contributed by atoms with Crippen LogP contribution in [0.5, 0.6) is 0 Å². The molecule has 0 amide bonds. The lowest BCUT2D eigenvalue weighted by Crippen LogP contribution is -2.32. The molecule has 0 radical (unpaired) electrons. The second-order valence-electron chi connectivity index (χ2n) is 4.37. The Morgan fingerprint density at radius 3 is 2.74 bits per heavy atom. The van der Waals surface area contributed by atoms with Crippen molar-refractivity contribution < 1.29 is 9.53 Å². The number of aromatic nitrogens is 2. The summed E-state index contributed by atoms with van der Waals surface area (Å²) in [6.45, 7) is 4.35. The first-order chi connectivity index (χ1) is 8.85. The van der Waals surface area contributed by atoms with Gasteiger partial charge in [-0.3, -0.25) is 0 Å². The summed E-state index contributed by atoms with van der Waals surface area (Å²) >= 11 is 4.94. The highest BCUT2D eigenvalue weighted by Crippen LogP contribution is 2.13. The maximum Gasteiger partial charge on any atom is 0.376 e. The molecule has 0 saturated carbocycles. The molecule has 0 spiro atoms. The normalized spacial score (nSPS) is 11.8. The van der Waals surface area contributed by atoms with E-state index in [1.54, 1.807) is 13.0 Å². The fourth-order valence-corrected chi connectivity index (χ4v) is 1.60. The van der Waals surface area contributed by atoms with E-state index in [1.165, 1.54) is 7.11 Å². The molecule has 1 rings (SSSR count). The van der Waals surface area contributed by atoms with E-state index in [0.717, 1.165) is 0 Å². The van der Waals surface area contributed by atoms with E-state index >= 15 is 0 Å². The number of methoxy groups -OCH3 is 1. The lowest BCUT2D eigenvalue weighted by molar-refractivity contribution is 0.0586. The Hall–Kier alpha value is -1.76. The van der Waals surface area contributed by atoms with Gasteiger partial charge in [0.25, 0.3) is 0 Å². The number of hydrogen-bond donors (Lipinski definition) is 1.